The van der Waals surface area contributed by atoms with Crippen LogP contribution in [0.4, 0.5) is 0 Å². The highest BCUT2D eigenvalue weighted by Crippen LogP contribution is 2.12. The Kier molecular flexibility index (Phi) is 5.31. The number of hydrogen-bond acceptors (Lipinski definition) is 3. The maximum absolute atomic E-state index is 12.6. The Morgan fingerprint density at radius 2 is 2.00 bits per heavy atom. The fraction of sp³-hybridized carbons (Fsp3) is 0.471. The highest BCUT2D eigenvalue weighted by Gasteiger charge is 2.19. The Morgan fingerprint density at radius 1 is 1.32 bits per heavy atom. The van der Waals surface area contributed by atoms with Crippen molar-refractivity contribution in [3.05, 3.63) is 47.5 Å². The topological polar surface area (TPSA) is 51.0 Å². The van der Waals surface area contributed by atoms with Crippen molar-refractivity contribution in [1.82, 2.24) is 19.7 Å². The Bertz CT molecular complexity index is 619. The fourth-order valence-corrected chi connectivity index (χ4v) is 2.49. The zero-order valence-electron chi connectivity index (χ0n) is 13.8. The molecule has 0 saturated carbocycles. The molecule has 0 radical (unpaired) electrons. The lowest BCUT2D eigenvalue weighted by atomic mass is 10.2. The number of rotatable bonds is 6. The van der Waals surface area contributed by atoms with E-state index in [0.29, 0.717) is 18.8 Å². The molecule has 0 aliphatic carbocycles. The molecular formula is C17H24N4O. The standard InChI is InChI=1S/C17H24N4O/c1-5-20(11-8-15-6-9-18-10-7-15)17(22)16-12-14(4)21(19-16)13(2)3/h6-7,9-10,12-13H,5,8,11H2,1-4H3. The highest BCUT2D eigenvalue weighted by molar-refractivity contribution is 5.92. The Balaban J connectivity index is 2.07. The lowest BCUT2D eigenvalue weighted by Crippen LogP contribution is -2.33. The number of carbonyl (C=O) groups excluding carboxylic acids is 1. The van der Waals surface area contributed by atoms with Crippen molar-refractivity contribution in [3.63, 3.8) is 0 Å². The van der Waals surface area contributed by atoms with Gasteiger partial charge in [0, 0.05) is 37.2 Å². The zero-order valence-corrected chi connectivity index (χ0v) is 13.8. The first-order chi connectivity index (χ1) is 10.5. The average Bonchev–Trinajstić information content (AvgIpc) is 2.91. The summed E-state index contributed by atoms with van der Waals surface area (Å²) >= 11 is 0. The maximum atomic E-state index is 12.6. The second kappa shape index (κ2) is 7.20. The lowest BCUT2D eigenvalue weighted by molar-refractivity contribution is 0.0759. The summed E-state index contributed by atoms with van der Waals surface area (Å²) in [4.78, 5) is 18.5. The van der Waals surface area contributed by atoms with Gasteiger partial charge < -0.3 is 4.90 Å². The summed E-state index contributed by atoms with van der Waals surface area (Å²) < 4.78 is 1.89. The first-order valence-corrected chi connectivity index (χ1v) is 7.77. The molecule has 0 fully saturated rings. The third kappa shape index (κ3) is 3.72. The maximum Gasteiger partial charge on any atom is 0.274 e. The van der Waals surface area contributed by atoms with E-state index in [1.54, 1.807) is 12.4 Å². The summed E-state index contributed by atoms with van der Waals surface area (Å²) in [6.07, 6.45) is 4.38. The van der Waals surface area contributed by atoms with E-state index in [0.717, 1.165) is 12.1 Å². The van der Waals surface area contributed by atoms with Gasteiger partial charge in [-0.25, -0.2) is 0 Å². The van der Waals surface area contributed by atoms with Crippen LogP contribution in [0.1, 0.15) is 48.6 Å². The lowest BCUT2D eigenvalue weighted by Gasteiger charge is -2.19. The quantitative estimate of drug-likeness (QED) is 0.824. The molecule has 0 aliphatic rings. The van der Waals surface area contributed by atoms with Gasteiger partial charge in [-0.3, -0.25) is 14.5 Å². The fourth-order valence-electron chi connectivity index (χ4n) is 2.49. The summed E-state index contributed by atoms with van der Waals surface area (Å²) in [5.41, 5.74) is 2.73. The van der Waals surface area contributed by atoms with Crippen LogP contribution < -0.4 is 0 Å². The third-order valence-corrected chi connectivity index (χ3v) is 3.72. The highest BCUT2D eigenvalue weighted by atomic mass is 16.2. The molecule has 0 aliphatic heterocycles. The molecule has 22 heavy (non-hydrogen) atoms. The summed E-state index contributed by atoms with van der Waals surface area (Å²) in [5, 5.41) is 4.45. The first-order valence-electron chi connectivity index (χ1n) is 7.77. The molecule has 2 aromatic heterocycles. The monoisotopic (exact) mass is 300 g/mol. The van der Waals surface area contributed by atoms with Gasteiger partial charge in [-0.05, 0) is 57.9 Å². The van der Waals surface area contributed by atoms with Gasteiger partial charge >= 0.3 is 0 Å². The smallest absolute Gasteiger partial charge is 0.274 e. The molecule has 5 nitrogen and oxygen atoms in total. The minimum absolute atomic E-state index is 0.000874. The molecule has 0 spiro atoms. The minimum Gasteiger partial charge on any atom is -0.337 e. The largest absolute Gasteiger partial charge is 0.337 e. The van der Waals surface area contributed by atoms with Crippen LogP contribution in [-0.4, -0.2) is 38.7 Å². The second-order valence-electron chi connectivity index (χ2n) is 5.70. The van der Waals surface area contributed by atoms with Crippen molar-refractivity contribution >= 4 is 5.91 Å². The molecule has 2 heterocycles. The molecular weight excluding hydrogens is 276 g/mol. The predicted octanol–water partition coefficient (Wildman–Crippen LogP) is 2.87. The number of hydrogen-bond donors (Lipinski definition) is 0. The van der Waals surface area contributed by atoms with Crippen LogP contribution in [0.15, 0.2) is 30.6 Å². The number of likely N-dealkylation sites (N-methyl/N-ethyl adjacent to an activating group) is 1. The number of aromatic nitrogens is 3. The molecule has 0 N–H and O–H groups in total. The third-order valence-electron chi connectivity index (χ3n) is 3.72. The average molecular weight is 300 g/mol. The van der Waals surface area contributed by atoms with Crippen molar-refractivity contribution in [1.29, 1.82) is 0 Å². The molecule has 0 unspecified atom stereocenters. The molecule has 0 aromatic carbocycles. The van der Waals surface area contributed by atoms with Gasteiger partial charge in [-0.1, -0.05) is 0 Å². The van der Waals surface area contributed by atoms with Crippen molar-refractivity contribution in [2.24, 2.45) is 0 Å². The summed E-state index contributed by atoms with van der Waals surface area (Å²) in [5.74, 6) is -0.000874. The van der Waals surface area contributed by atoms with E-state index in [1.165, 1.54) is 5.56 Å². The van der Waals surface area contributed by atoms with E-state index in [9.17, 15) is 4.79 Å². The van der Waals surface area contributed by atoms with E-state index in [1.807, 2.05) is 41.6 Å². The number of aryl methyl sites for hydroxylation is 1. The van der Waals surface area contributed by atoms with Crippen LogP contribution >= 0.6 is 0 Å². The molecule has 2 aromatic rings. The van der Waals surface area contributed by atoms with Crippen LogP contribution in [0, 0.1) is 6.92 Å². The summed E-state index contributed by atoms with van der Waals surface area (Å²) in [7, 11) is 0. The first kappa shape index (κ1) is 16.2. The predicted molar refractivity (Wildman–Crippen MR) is 86.9 cm³/mol. The van der Waals surface area contributed by atoms with Gasteiger partial charge in [-0.2, -0.15) is 5.10 Å². The van der Waals surface area contributed by atoms with Crippen molar-refractivity contribution < 1.29 is 4.79 Å². The van der Waals surface area contributed by atoms with Gasteiger partial charge in [0.1, 0.15) is 0 Å². The SMILES string of the molecule is CCN(CCc1ccncc1)C(=O)c1cc(C)n(C(C)C)n1. The normalized spacial score (nSPS) is 11.0. The number of pyridine rings is 1. The van der Waals surface area contributed by atoms with Gasteiger partial charge in [0.05, 0.1) is 0 Å². The van der Waals surface area contributed by atoms with E-state index >= 15 is 0 Å². The van der Waals surface area contributed by atoms with Crippen LogP contribution in [-0.2, 0) is 6.42 Å². The van der Waals surface area contributed by atoms with Gasteiger partial charge in [0.15, 0.2) is 5.69 Å². The van der Waals surface area contributed by atoms with E-state index in [2.05, 4.69) is 23.9 Å². The van der Waals surface area contributed by atoms with Crippen LogP contribution in [0.3, 0.4) is 0 Å². The Morgan fingerprint density at radius 3 is 2.55 bits per heavy atom. The van der Waals surface area contributed by atoms with Crippen LogP contribution in [0.5, 0.6) is 0 Å². The van der Waals surface area contributed by atoms with Gasteiger partial charge in [0.2, 0.25) is 0 Å². The Hall–Kier alpha value is -2.17. The summed E-state index contributed by atoms with van der Waals surface area (Å²) in [6.45, 7) is 9.47. The molecule has 118 valence electrons. The second-order valence-corrected chi connectivity index (χ2v) is 5.70. The van der Waals surface area contributed by atoms with E-state index in [-0.39, 0.29) is 11.9 Å². The van der Waals surface area contributed by atoms with Crippen molar-refractivity contribution in [2.75, 3.05) is 13.1 Å². The molecule has 2 rings (SSSR count). The van der Waals surface area contributed by atoms with E-state index < -0.39 is 0 Å². The zero-order chi connectivity index (χ0) is 16.1. The van der Waals surface area contributed by atoms with Crippen LogP contribution in [0.25, 0.3) is 0 Å². The Labute approximate surface area is 132 Å². The van der Waals surface area contributed by atoms with Crippen molar-refractivity contribution in [3.8, 4) is 0 Å². The minimum atomic E-state index is -0.000874. The summed E-state index contributed by atoms with van der Waals surface area (Å²) in [6, 6.07) is 6.09. The number of carbonyl (C=O) groups is 1. The molecule has 1 amide bonds. The molecule has 0 bridgehead atoms. The molecule has 0 saturated heterocycles. The number of nitrogens with zero attached hydrogens (tertiary/aromatic N) is 4. The van der Waals surface area contributed by atoms with E-state index in [4.69, 9.17) is 0 Å². The van der Waals surface area contributed by atoms with Crippen molar-refractivity contribution in [2.45, 2.75) is 40.2 Å². The molecule has 0 atom stereocenters. The van der Waals surface area contributed by atoms with Crippen LogP contribution in [0.2, 0.25) is 0 Å². The number of amides is 1. The van der Waals surface area contributed by atoms with Gasteiger partial charge in [-0.15, -0.1) is 0 Å². The molecule has 5 heteroatoms. The van der Waals surface area contributed by atoms with Gasteiger partial charge in [0.25, 0.3) is 5.91 Å².